The summed E-state index contributed by atoms with van der Waals surface area (Å²) in [6, 6.07) is 9.15. The van der Waals surface area contributed by atoms with E-state index in [1.807, 2.05) is 45.9 Å². The van der Waals surface area contributed by atoms with Crippen LogP contribution in [0.4, 0.5) is 0 Å². The highest BCUT2D eigenvalue weighted by Crippen LogP contribution is 2.40. The highest BCUT2D eigenvalue weighted by molar-refractivity contribution is 6.30. The molecule has 0 spiro atoms. The van der Waals surface area contributed by atoms with Crippen molar-refractivity contribution >= 4 is 17.6 Å². The van der Waals surface area contributed by atoms with Crippen molar-refractivity contribution in [1.82, 2.24) is 0 Å². The van der Waals surface area contributed by atoms with E-state index in [0.29, 0.717) is 22.8 Å². The van der Waals surface area contributed by atoms with Crippen LogP contribution in [0.3, 0.4) is 0 Å². The van der Waals surface area contributed by atoms with Crippen molar-refractivity contribution in [2.24, 2.45) is 0 Å². The topological polar surface area (TPSA) is 66.8 Å². The zero-order valence-electron chi connectivity index (χ0n) is 15.8. The van der Waals surface area contributed by atoms with Gasteiger partial charge in [-0.2, -0.15) is 0 Å². The molecule has 1 unspecified atom stereocenters. The second kappa shape index (κ2) is 7.68. The number of rotatable bonds is 5. The normalized spacial score (nSPS) is 12.8. The zero-order chi connectivity index (χ0) is 19.6. The van der Waals surface area contributed by atoms with Gasteiger partial charge in [0.15, 0.2) is 0 Å². The van der Waals surface area contributed by atoms with Crippen LogP contribution in [-0.4, -0.2) is 22.8 Å². The van der Waals surface area contributed by atoms with Crippen LogP contribution in [0.1, 0.15) is 66.4 Å². The first kappa shape index (κ1) is 20.3. The Morgan fingerprint density at radius 1 is 1.23 bits per heavy atom. The monoisotopic (exact) mass is 376 g/mol. The van der Waals surface area contributed by atoms with Gasteiger partial charge < -0.3 is 14.9 Å². The third-order valence-corrected chi connectivity index (χ3v) is 4.66. The first-order valence-electron chi connectivity index (χ1n) is 8.55. The molecular weight excluding hydrogens is 352 g/mol. The first-order chi connectivity index (χ1) is 12.1. The van der Waals surface area contributed by atoms with Gasteiger partial charge in [0.2, 0.25) is 0 Å². The van der Waals surface area contributed by atoms with Crippen molar-refractivity contribution in [2.45, 2.75) is 46.1 Å². The number of halogens is 1. The SMILES string of the molecule is CCOC(c1ccc(Cl)cc1)c1cc(C(C)(C)C)c(O)c(C(=O)O)c1C. The van der Waals surface area contributed by atoms with E-state index in [9.17, 15) is 15.0 Å². The second-order valence-electron chi connectivity index (χ2n) is 7.30. The van der Waals surface area contributed by atoms with Crippen LogP contribution < -0.4 is 0 Å². The molecule has 0 aromatic heterocycles. The molecule has 0 heterocycles. The van der Waals surface area contributed by atoms with Crippen molar-refractivity contribution in [3.05, 3.63) is 63.2 Å². The molecule has 0 fully saturated rings. The van der Waals surface area contributed by atoms with E-state index in [0.717, 1.165) is 11.1 Å². The number of aromatic hydroxyl groups is 1. The maximum atomic E-state index is 11.8. The van der Waals surface area contributed by atoms with Gasteiger partial charge in [-0.3, -0.25) is 0 Å². The van der Waals surface area contributed by atoms with Gasteiger partial charge >= 0.3 is 5.97 Å². The lowest BCUT2D eigenvalue weighted by molar-refractivity contribution is 0.0690. The van der Waals surface area contributed by atoms with Crippen molar-refractivity contribution in [3.8, 4) is 5.75 Å². The Labute approximate surface area is 159 Å². The fourth-order valence-electron chi connectivity index (χ4n) is 3.06. The lowest BCUT2D eigenvalue weighted by Gasteiger charge is -2.27. The van der Waals surface area contributed by atoms with Crippen LogP contribution in [-0.2, 0) is 10.2 Å². The Bertz CT molecular complexity index is 804. The van der Waals surface area contributed by atoms with Crippen LogP contribution in [0.15, 0.2) is 30.3 Å². The summed E-state index contributed by atoms with van der Waals surface area (Å²) in [5.74, 6) is -1.34. The second-order valence-corrected chi connectivity index (χ2v) is 7.74. The minimum Gasteiger partial charge on any atom is -0.507 e. The lowest BCUT2D eigenvalue weighted by atomic mass is 9.81. The number of carboxylic acid groups (broad SMARTS) is 1. The summed E-state index contributed by atoms with van der Waals surface area (Å²) in [5.41, 5.74) is 2.18. The third kappa shape index (κ3) is 4.02. The largest absolute Gasteiger partial charge is 0.507 e. The summed E-state index contributed by atoms with van der Waals surface area (Å²) in [5, 5.41) is 20.9. The first-order valence-corrected chi connectivity index (χ1v) is 8.93. The van der Waals surface area contributed by atoms with E-state index >= 15 is 0 Å². The zero-order valence-corrected chi connectivity index (χ0v) is 16.5. The molecular formula is C21H25ClO4. The molecule has 2 N–H and O–H groups in total. The molecule has 2 aromatic carbocycles. The maximum Gasteiger partial charge on any atom is 0.339 e. The van der Waals surface area contributed by atoms with Gasteiger partial charge in [-0.1, -0.05) is 44.5 Å². The number of hydrogen-bond acceptors (Lipinski definition) is 3. The summed E-state index contributed by atoms with van der Waals surface area (Å²) < 4.78 is 5.96. The Morgan fingerprint density at radius 2 is 1.81 bits per heavy atom. The van der Waals surface area contributed by atoms with Crippen molar-refractivity contribution in [1.29, 1.82) is 0 Å². The van der Waals surface area contributed by atoms with Crippen molar-refractivity contribution < 1.29 is 19.7 Å². The fraction of sp³-hybridized carbons (Fsp3) is 0.381. The summed E-state index contributed by atoms with van der Waals surface area (Å²) in [6.07, 6.45) is -0.447. The quantitative estimate of drug-likeness (QED) is 0.725. The number of hydrogen-bond donors (Lipinski definition) is 2. The molecule has 5 heteroatoms. The molecule has 26 heavy (non-hydrogen) atoms. The summed E-state index contributed by atoms with van der Waals surface area (Å²) in [7, 11) is 0. The summed E-state index contributed by atoms with van der Waals surface area (Å²) >= 11 is 5.99. The molecule has 0 bridgehead atoms. The minimum absolute atomic E-state index is 0.0777. The molecule has 0 aliphatic carbocycles. The van der Waals surface area contributed by atoms with Gasteiger partial charge in [-0.05, 0) is 54.2 Å². The molecule has 0 aliphatic rings. The fourth-order valence-corrected chi connectivity index (χ4v) is 3.19. The smallest absolute Gasteiger partial charge is 0.339 e. The van der Waals surface area contributed by atoms with Crippen LogP contribution in [0.2, 0.25) is 5.02 Å². The standard InChI is InChI=1S/C21H25ClO4/c1-6-26-19(13-7-9-14(22)10-8-13)15-11-16(21(3,4)5)18(23)17(12(15)2)20(24)25/h7-11,19,23H,6H2,1-5H3,(H,24,25). The van der Waals surface area contributed by atoms with Crippen molar-refractivity contribution in [2.75, 3.05) is 6.61 Å². The number of phenols is 1. The van der Waals surface area contributed by atoms with E-state index in [-0.39, 0.29) is 11.3 Å². The average molecular weight is 377 g/mol. The number of aromatic carboxylic acids is 1. The van der Waals surface area contributed by atoms with E-state index in [1.165, 1.54) is 0 Å². The molecule has 2 aromatic rings. The van der Waals surface area contributed by atoms with Gasteiger partial charge in [0.05, 0.1) is 0 Å². The summed E-state index contributed by atoms with van der Waals surface area (Å²) in [4.78, 5) is 11.8. The van der Waals surface area contributed by atoms with Crippen molar-refractivity contribution in [3.63, 3.8) is 0 Å². The summed E-state index contributed by atoms with van der Waals surface area (Å²) in [6.45, 7) is 9.86. The predicted octanol–water partition coefficient (Wildman–Crippen LogP) is 5.48. The number of carbonyl (C=O) groups is 1. The Morgan fingerprint density at radius 3 is 2.27 bits per heavy atom. The maximum absolute atomic E-state index is 11.8. The molecule has 0 amide bonds. The van der Waals surface area contributed by atoms with Gasteiger partial charge in [-0.25, -0.2) is 4.79 Å². The average Bonchev–Trinajstić information content (AvgIpc) is 2.53. The van der Waals surface area contributed by atoms with Gasteiger partial charge in [0.1, 0.15) is 17.4 Å². The molecule has 2 rings (SSSR count). The van der Waals surface area contributed by atoms with E-state index < -0.39 is 17.5 Å². The van der Waals surface area contributed by atoms with E-state index in [2.05, 4.69) is 0 Å². The molecule has 0 radical (unpaired) electrons. The highest BCUT2D eigenvalue weighted by atomic mass is 35.5. The van der Waals surface area contributed by atoms with Gasteiger partial charge in [0, 0.05) is 17.2 Å². The van der Waals surface area contributed by atoms with E-state index in [1.54, 1.807) is 19.1 Å². The number of carboxylic acids is 1. The molecule has 0 aliphatic heterocycles. The molecule has 4 nitrogen and oxygen atoms in total. The Hall–Kier alpha value is -2.04. The number of benzene rings is 2. The molecule has 140 valence electrons. The molecule has 1 atom stereocenters. The van der Waals surface area contributed by atoms with Crippen LogP contribution in [0.25, 0.3) is 0 Å². The van der Waals surface area contributed by atoms with Crippen LogP contribution in [0.5, 0.6) is 5.75 Å². The van der Waals surface area contributed by atoms with Crippen LogP contribution in [0, 0.1) is 6.92 Å². The molecule has 0 saturated carbocycles. The minimum atomic E-state index is -1.15. The van der Waals surface area contributed by atoms with Gasteiger partial charge in [-0.15, -0.1) is 0 Å². The Kier molecular flexibility index (Phi) is 5.99. The number of ether oxygens (including phenoxy) is 1. The third-order valence-electron chi connectivity index (χ3n) is 4.41. The lowest BCUT2D eigenvalue weighted by Crippen LogP contribution is -2.18. The highest BCUT2D eigenvalue weighted by Gasteiger charge is 2.29. The van der Waals surface area contributed by atoms with Gasteiger partial charge in [0.25, 0.3) is 0 Å². The van der Waals surface area contributed by atoms with E-state index in [4.69, 9.17) is 16.3 Å². The van der Waals surface area contributed by atoms with Crippen LogP contribution >= 0.6 is 11.6 Å². The predicted molar refractivity (Wildman–Crippen MR) is 103 cm³/mol. The molecule has 0 saturated heterocycles. The Balaban J connectivity index is 2.77.